The molecular formula is C22H26ClN3O6. The van der Waals surface area contributed by atoms with Gasteiger partial charge >= 0.3 is 0 Å². The van der Waals surface area contributed by atoms with Gasteiger partial charge in [-0.25, -0.2) is 0 Å². The van der Waals surface area contributed by atoms with Crippen molar-refractivity contribution in [2.24, 2.45) is 0 Å². The van der Waals surface area contributed by atoms with Gasteiger partial charge in [-0.2, -0.15) is 0 Å². The molecule has 1 heterocycles. The van der Waals surface area contributed by atoms with E-state index in [0.29, 0.717) is 59.2 Å². The van der Waals surface area contributed by atoms with E-state index in [1.807, 2.05) is 6.92 Å². The van der Waals surface area contributed by atoms with Gasteiger partial charge < -0.3 is 29.6 Å². The molecule has 0 aromatic heterocycles. The fourth-order valence-electron chi connectivity index (χ4n) is 3.16. The maximum absolute atomic E-state index is 12.6. The molecule has 0 saturated carbocycles. The monoisotopic (exact) mass is 463 g/mol. The van der Waals surface area contributed by atoms with Gasteiger partial charge in [0.25, 0.3) is 0 Å². The summed E-state index contributed by atoms with van der Waals surface area (Å²) in [6, 6.07) is 8.37. The van der Waals surface area contributed by atoms with E-state index in [1.54, 1.807) is 35.2 Å². The first kappa shape index (κ1) is 23.5. The number of carbonyl (C=O) groups is 2. The number of fused-ring (bicyclic) bond motifs is 1. The molecule has 3 rings (SSSR count). The number of nitrogens with zero attached hydrogens (tertiary/aromatic N) is 1. The van der Waals surface area contributed by atoms with Crippen LogP contribution < -0.4 is 29.6 Å². The zero-order chi connectivity index (χ0) is 23.1. The molecule has 2 amide bonds. The minimum Gasteiger partial charge on any atom is -0.495 e. The van der Waals surface area contributed by atoms with E-state index in [9.17, 15) is 9.59 Å². The van der Waals surface area contributed by atoms with Gasteiger partial charge in [-0.1, -0.05) is 18.5 Å². The summed E-state index contributed by atoms with van der Waals surface area (Å²) in [5.41, 5.74) is 1.02. The van der Waals surface area contributed by atoms with Crippen LogP contribution in [0.15, 0.2) is 30.3 Å². The highest BCUT2D eigenvalue weighted by Crippen LogP contribution is 2.36. The summed E-state index contributed by atoms with van der Waals surface area (Å²) < 4.78 is 21.5. The molecule has 0 aliphatic carbocycles. The minimum absolute atomic E-state index is 0.0131. The lowest BCUT2D eigenvalue weighted by Crippen LogP contribution is -2.38. The quantitative estimate of drug-likeness (QED) is 0.589. The fourth-order valence-corrected chi connectivity index (χ4v) is 3.39. The highest BCUT2D eigenvalue weighted by molar-refractivity contribution is 6.32. The van der Waals surface area contributed by atoms with Crippen molar-refractivity contribution in [3.63, 3.8) is 0 Å². The standard InChI is InChI=1S/C22H26ClN3O6/c1-4-26(12-21(27)24-14-5-6-17-20(9-14)32-8-7-31-17)13-22(28)25-16-11-18(29-2)15(23)10-19(16)30-3/h5-6,9-11H,4,7-8,12-13H2,1-3H3,(H,24,27)(H,25,28). The zero-order valence-corrected chi connectivity index (χ0v) is 19.0. The lowest BCUT2D eigenvalue weighted by Gasteiger charge is -2.21. The van der Waals surface area contributed by atoms with Crippen LogP contribution in [-0.2, 0) is 9.59 Å². The first-order valence-electron chi connectivity index (χ1n) is 10.1. The van der Waals surface area contributed by atoms with Gasteiger partial charge in [0.1, 0.15) is 24.7 Å². The number of carbonyl (C=O) groups excluding carboxylic acids is 2. The van der Waals surface area contributed by atoms with E-state index < -0.39 is 0 Å². The van der Waals surface area contributed by atoms with Crippen LogP contribution in [-0.4, -0.2) is 63.8 Å². The van der Waals surface area contributed by atoms with E-state index >= 15 is 0 Å². The molecule has 9 nitrogen and oxygen atoms in total. The average Bonchev–Trinajstić information content (AvgIpc) is 2.79. The number of methoxy groups -OCH3 is 2. The molecule has 1 aliphatic rings. The molecule has 172 valence electrons. The van der Waals surface area contributed by atoms with E-state index in [4.69, 9.17) is 30.5 Å². The largest absolute Gasteiger partial charge is 0.495 e. The number of likely N-dealkylation sites (N-methyl/N-ethyl adjacent to an activating group) is 1. The number of amides is 2. The zero-order valence-electron chi connectivity index (χ0n) is 18.2. The van der Waals surface area contributed by atoms with Gasteiger partial charge in [0.2, 0.25) is 11.8 Å². The van der Waals surface area contributed by atoms with Gasteiger partial charge in [-0.3, -0.25) is 14.5 Å². The molecule has 0 fully saturated rings. The Bertz CT molecular complexity index is 984. The summed E-state index contributed by atoms with van der Waals surface area (Å²) in [5.74, 6) is 1.50. The van der Waals surface area contributed by atoms with Crippen molar-refractivity contribution < 1.29 is 28.5 Å². The Balaban J connectivity index is 1.58. The second kappa shape index (κ2) is 10.9. The minimum atomic E-state index is -0.304. The van der Waals surface area contributed by atoms with Crippen LogP contribution in [0.3, 0.4) is 0 Å². The second-order valence-corrected chi connectivity index (χ2v) is 7.35. The van der Waals surface area contributed by atoms with Crippen LogP contribution in [0.4, 0.5) is 11.4 Å². The smallest absolute Gasteiger partial charge is 0.238 e. The lowest BCUT2D eigenvalue weighted by atomic mass is 10.2. The first-order chi connectivity index (χ1) is 15.4. The van der Waals surface area contributed by atoms with Crippen LogP contribution in [0, 0.1) is 0 Å². The Morgan fingerprint density at radius 3 is 2.28 bits per heavy atom. The molecule has 2 N–H and O–H groups in total. The van der Waals surface area contributed by atoms with Crippen molar-refractivity contribution >= 4 is 34.8 Å². The van der Waals surface area contributed by atoms with Crippen molar-refractivity contribution in [2.45, 2.75) is 6.92 Å². The first-order valence-corrected chi connectivity index (χ1v) is 10.4. The highest BCUT2D eigenvalue weighted by atomic mass is 35.5. The molecule has 0 bridgehead atoms. The van der Waals surface area contributed by atoms with Crippen molar-refractivity contribution in [1.29, 1.82) is 0 Å². The Kier molecular flexibility index (Phi) is 8.02. The number of halogens is 1. The summed E-state index contributed by atoms with van der Waals surface area (Å²) in [7, 11) is 2.97. The molecule has 2 aromatic carbocycles. The van der Waals surface area contributed by atoms with E-state index in [-0.39, 0.29) is 24.9 Å². The predicted octanol–water partition coefficient (Wildman–Crippen LogP) is 3.03. The average molecular weight is 464 g/mol. The summed E-state index contributed by atoms with van der Waals surface area (Å²) >= 11 is 6.10. The van der Waals surface area contributed by atoms with Gasteiger partial charge in [-0.15, -0.1) is 0 Å². The Morgan fingerprint density at radius 2 is 1.62 bits per heavy atom. The SMILES string of the molecule is CCN(CC(=O)Nc1ccc2c(c1)OCCO2)CC(=O)Nc1cc(OC)c(Cl)cc1OC. The van der Waals surface area contributed by atoms with Crippen molar-refractivity contribution in [2.75, 3.05) is 57.7 Å². The van der Waals surface area contributed by atoms with Crippen LogP contribution in [0.5, 0.6) is 23.0 Å². The summed E-state index contributed by atoms with van der Waals surface area (Å²) in [6.45, 7) is 3.40. The topological polar surface area (TPSA) is 98.4 Å². The lowest BCUT2D eigenvalue weighted by molar-refractivity contribution is -0.119. The Morgan fingerprint density at radius 1 is 0.969 bits per heavy atom. The molecule has 0 atom stereocenters. The molecule has 0 unspecified atom stereocenters. The Labute approximate surface area is 191 Å². The van der Waals surface area contributed by atoms with Crippen LogP contribution in [0.25, 0.3) is 0 Å². The van der Waals surface area contributed by atoms with E-state index in [1.165, 1.54) is 14.2 Å². The van der Waals surface area contributed by atoms with Crippen LogP contribution >= 0.6 is 11.6 Å². The number of hydrogen-bond acceptors (Lipinski definition) is 7. The van der Waals surface area contributed by atoms with Gasteiger partial charge in [-0.05, 0) is 18.7 Å². The summed E-state index contributed by atoms with van der Waals surface area (Å²) in [4.78, 5) is 26.8. The number of anilines is 2. The third kappa shape index (κ3) is 5.95. The van der Waals surface area contributed by atoms with Crippen LogP contribution in [0.1, 0.15) is 6.92 Å². The van der Waals surface area contributed by atoms with Crippen molar-refractivity contribution in [1.82, 2.24) is 4.90 Å². The molecule has 10 heteroatoms. The van der Waals surface area contributed by atoms with E-state index in [0.717, 1.165) is 0 Å². The third-order valence-electron chi connectivity index (χ3n) is 4.76. The number of nitrogens with one attached hydrogen (secondary N) is 2. The molecule has 1 aliphatic heterocycles. The predicted molar refractivity (Wildman–Crippen MR) is 121 cm³/mol. The normalized spacial score (nSPS) is 12.3. The Hall–Kier alpha value is -3.17. The van der Waals surface area contributed by atoms with Crippen molar-refractivity contribution in [3.05, 3.63) is 35.4 Å². The number of ether oxygens (including phenoxy) is 4. The molecule has 32 heavy (non-hydrogen) atoms. The summed E-state index contributed by atoms with van der Waals surface area (Å²) in [5, 5.41) is 5.97. The molecule has 0 radical (unpaired) electrons. The van der Waals surface area contributed by atoms with Crippen molar-refractivity contribution in [3.8, 4) is 23.0 Å². The molecule has 2 aromatic rings. The maximum Gasteiger partial charge on any atom is 0.238 e. The molecular weight excluding hydrogens is 438 g/mol. The third-order valence-corrected chi connectivity index (χ3v) is 5.05. The molecule has 0 spiro atoms. The number of benzene rings is 2. The number of hydrogen-bond donors (Lipinski definition) is 2. The summed E-state index contributed by atoms with van der Waals surface area (Å²) in [6.07, 6.45) is 0. The second-order valence-electron chi connectivity index (χ2n) is 6.95. The highest BCUT2D eigenvalue weighted by Gasteiger charge is 2.18. The molecule has 0 saturated heterocycles. The van der Waals surface area contributed by atoms with Gasteiger partial charge in [0.05, 0.1) is 38.0 Å². The van der Waals surface area contributed by atoms with Gasteiger partial charge in [0.15, 0.2) is 11.5 Å². The maximum atomic E-state index is 12.6. The number of rotatable bonds is 9. The van der Waals surface area contributed by atoms with E-state index in [2.05, 4.69) is 10.6 Å². The van der Waals surface area contributed by atoms with Crippen LogP contribution in [0.2, 0.25) is 5.02 Å². The van der Waals surface area contributed by atoms with Gasteiger partial charge in [0, 0.05) is 23.9 Å². The fraction of sp³-hybridized carbons (Fsp3) is 0.364.